The molecule has 0 unspecified atom stereocenters. The first-order valence-corrected chi connectivity index (χ1v) is 11.7. The summed E-state index contributed by atoms with van der Waals surface area (Å²) in [4.78, 5) is 12.5. The number of carbonyl (C=O) groups is 1. The zero-order valence-corrected chi connectivity index (χ0v) is 20.0. The third-order valence-electron chi connectivity index (χ3n) is 5.15. The highest BCUT2D eigenvalue weighted by Crippen LogP contribution is 2.28. The molecular formula is C26H25N5O2S. The minimum Gasteiger partial charge on any atom is -0.497 e. The molecule has 1 amide bonds. The van der Waals surface area contributed by atoms with Crippen molar-refractivity contribution in [3.8, 4) is 22.8 Å². The predicted molar refractivity (Wildman–Crippen MR) is 136 cm³/mol. The van der Waals surface area contributed by atoms with E-state index in [4.69, 9.17) is 4.74 Å². The highest BCUT2D eigenvalue weighted by Gasteiger charge is 2.17. The summed E-state index contributed by atoms with van der Waals surface area (Å²) in [7, 11) is 1.62. The van der Waals surface area contributed by atoms with E-state index in [0.717, 1.165) is 34.0 Å². The number of methoxy groups -OCH3 is 1. The smallest absolute Gasteiger partial charge is 0.250 e. The molecule has 0 aliphatic heterocycles. The lowest BCUT2D eigenvalue weighted by Crippen LogP contribution is -2.21. The molecule has 0 saturated heterocycles. The summed E-state index contributed by atoms with van der Waals surface area (Å²) in [5, 5.41) is 13.6. The van der Waals surface area contributed by atoms with Crippen LogP contribution in [0.25, 0.3) is 17.1 Å². The van der Waals surface area contributed by atoms with Gasteiger partial charge < -0.3 is 4.74 Å². The molecule has 0 spiro atoms. The molecule has 1 aromatic heterocycles. The molecule has 0 atom stereocenters. The SMILES string of the molecule is COc1ccc(/C(C)=N\NC(=O)CSc2nnc(-c3ccccc3)n2-c2ccc(C)cc2)cc1. The van der Waals surface area contributed by atoms with E-state index in [2.05, 4.69) is 20.7 Å². The number of rotatable bonds is 8. The van der Waals surface area contributed by atoms with E-state index in [1.807, 2.05) is 97.3 Å². The summed E-state index contributed by atoms with van der Waals surface area (Å²) in [5.41, 5.74) is 7.28. The maximum Gasteiger partial charge on any atom is 0.250 e. The molecule has 0 radical (unpaired) electrons. The lowest BCUT2D eigenvalue weighted by Gasteiger charge is -2.10. The second-order valence-corrected chi connectivity index (χ2v) is 8.54. The molecule has 0 saturated carbocycles. The molecule has 34 heavy (non-hydrogen) atoms. The fraction of sp³-hybridized carbons (Fsp3) is 0.154. The van der Waals surface area contributed by atoms with E-state index in [1.165, 1.54) is 11.8 Å². The Hall–Kier alpha value is -3.91. The molecule has 1 N–H and O–H groups in total. The van der Waals surface area contributed by atoms with Gasteiger partial charge in [0.2, 0.25) is 0 Å². The monoisotopic (exact) mass is 471 g/mol. The van der Waals surface area contributed by atoms with Gasteiger partial charge in [-0.05, 0) is 55.8 Å². The number of aryl methyl sites for hydroxylation is 1. The summed E-state index contributed by atoms with van der Waals surface area (Å²) in [6.07, 6.45) is 0. The molecule has 4 aromatic rings. The third-order valence-corrected chi connectivity index (χ3v) is 6.07. The maximum atomic E-state index is 12.5. The summed E-state index contributed by atoms with van der Waals surface area (Å²) in [6.45, 7) is 3.89. The summed E-state index contributed by atoms with van der Waals surface area (Å²) < 4.78 is 7.14. The van der Waals surface area contributed by atoms with Crippen LogP contribution < -0.4 is 10.2 Å². The first kappa shape index (κ1) is 23.3. The van der Waals surface area contributed by atoms with Crippen LogP contribution >= 0.6 is 11.8 Å². The van der Waals surface area contributed by atoms with Gasteiger partial charge in [-0.3, -0.25) is 9.36 Å². The Labute approximate surface area is 202 Å². The van der Waals surface area contributed by atoms with E-state index in [0.29, 0.717) is 10.9 Å². The van der Waals surface area contributed by atoms with Crippen molar-refractivity contribution in [3.63, 3.8) is 0 Å². The Morgan fingerprint density at radius 1 is 1.00 bits per heavy atom. The Kier molecular flexibility index (Phi) is 7.39. The summed E-state index contributed by atoms with van der Waals surface area (Å²) >= 11 is 1.31. The zero-order valence-electron chi connectivity index (χ0n) is 19.2. The fourth-order valence-electron chi connectivity index (χ4n) is 3.27. The molecule has 0 fully saturated rings. The molecule has 4 rings (SSSR count). The van der Waals surface area contributed by atoms with Gasteiger partial charge in [0.15, 0.2) is 11.0 Å². The lowest BCUT2D eigenvalue weighted by molar-refractivity contribution is -0.118. The van der Waals surface area contributed by atoms with Crippen molar-refractivity contribution in [2.75, 3.05) is 12.9 Å². The average molecular weight is 472 g/mol. The van der Waals surface area contributed by atoms with Gasteiger partial charge in [-0.25, -0.2) is 5.43 Å². The normalized spacial score (nSPS) is 11.3. The number of nitrogens with zero attached hydrogens (tertiary/aromatic N) is 4. The quantitative estimate of drug-likeness (QED) is 0.225. The number of hydrogen-bond donors (Lipinski definition) is 1. The summed E-state index contributed by atoms with van der Waals surface area (Å²) in [6, 6.07) is 25.5. The number of hydrazone groups is 1. The van der Waals surface area contributed by atoms with E-state index in [1.54, 1.807) is 7.11 Å². The molecule has 1 heterocycles. The van der Waals surface area contributed by atoms with E-state index in [-0.39, 0.29) is 11.7 Å². The molecule has 0 bridgehead atoms. The highest BCUT2D eigenvalue weighted by atomic mass is 32.2. The molecular weight excluding hydrogens is 446 g/mol. The van der Waals surface area contributed by atoms with Crippen molar-refractivity contribution in [3.05, 3.63) is 90.0 Å². The van der Waals surface area contributed by atoms with E-state index < -0.39 is 0 Å². The van der Waals surface area contributed by atoms with Gasteiger partial charge in [-0.1, -0.05) is 59.8 Å². The Morgan fingerprint density at radius 2 is 1.71 bits per heavy atom. The van der Waals surface area contributed by atoms with Crippen molar-refractivity contribution in [2.45, 2.75) is 19.0 Å². The van der Waals surface area contributed by atoms with Gasteiger partial charge in [-0.2, -0.15) is 5.10 Å². The second-order valence-electron chi connectivity index (χ2n) is 7.59. The largest absolute Gasteiger partial charge is 0.497 e. The minimum absolute atomic E-state index is 0.151. The van der Waals surface area contributed by atoms with Gasteiger partial charge in [-0.15, -0.1) is 10.2 Å². The van der Waals surface area contributed by atoms with Crippen LogP contribution in [-0.2, 0) is 4.79 Å². The van der Waals surface area contributed by atoms with Gasteiger partial charge in [0.1, 0.15) is 5.75 Å². The number of thioether (sulfide) groups is 1. The molecule has 0 aliphatic rings. The van der Waals surface area contributed by atoms with Crippen LogP contribution in [-0.4, -0.2) is 39.2 Å². The molecule has 172 valence electrons. The topological polar surface area (TPSA) is 81.4 Å². The molecule has 0 aliphatic carbocycles. The van der Waals surface area contributed by atoms with Gasteiger partial charge >= 0.3 is 0 Å². The number of amides is 1. The van der Waals surface area contributed by atoms with Gasteiger partial charge in [0.05, 0.1) is 18.6 Å². The van der Waals surface area contributed by atoms with Gasteiger partial charge in [0.25, 0.3) is 5.91 Å². The minimum atomic E-state index is -0.224. The van der Waals surface area contributed by atoms with Crippen LogP contribution in [0.4, 0.5) is 0 Å². The third kappa shape index (κ3) is 5.52. The van der Waals surface area contributed by atoms with Gasteiger partial charge in [0, 0.05) is 11.3 Å². The van der Waals surface area contributed by atoms with Crippen molar-refractivity contribution >= 4 is 23.4 Å². The summed E-state index contributed by atoms with van der Waals surface area (Å²) in [5.74, 6) is 1.42. The van der Waals surface area contributed by atoms with Crippen LogP contribution in [0.2, 0.25) is 0 Å². The highest BCUT2D eigenvalue weighted by molar-refractivity contribution is 7.99. The Morgan fingerprint density at radius 3 is 2.38 bits per heavy atom. The number of aromatic nitrogens is 3. The predicted octanol–water partition coefficient (Wildman–Crippen LogP) is 4.88. The van der Waals surface area contributed by atoms with E-state index in [9.17, 15) is 4.79 Å². The van der Waals surface area contributed by atoms with E-state index >= 15 is 0 Å². The second kappa shape index (κ2) is 10.8. The van der Waals surface area contributed by atoms with Crippen molar-refractivity contribution in [1.29, 1.82) is 0 Å². The van der Waals surface area contributed by atoms with Crippen molar-refractivity contribution < 1.29 is 9.53 Å². The van der Waals surface area contributed by atoms with Crippen LogP contribution in [0.5, 0.6) is 5.75 Å². The van der Waals surface area contributed by atoms with Crippen LogP contribution in [0.3, 0.4) is 0 Å². The van der Waals surface area contributed by atoms with Crippen LogP contribution in [0.1, 0.15) is 18.1 Å². The number of benzene rings is 3. The number of nitrogens with one attached hydrogen (secondary N) is 1. The Balaban J connectivity index is 1.49. The van der Waals surface area contributed by atoms with Crippen molar-refractivity contribution in [1.82, 2.24) is 20.2 Å². The number of carbonyl (C=O) groups excluding carboxylic acids is 1. The fourth-order valence-corrected chi connectivity index (χ4v) is 4.01. The van der Waals surface area contributed by atoms with Crippen LogP contribution in [0, 0.1) is 6.92 Å². The first-order chi connectivity index (χ1) is 16.5. The standard InChI is InChI=1S/C26H25N5O2S/c1-18-9-13-22(14-10-18)31-25(21-7-5-4-6-8-21)29-30-26(31)34-17-24(32)28-27-19(2)20-11-15-23(33-3)16-12-20/h4-16H,17H2,1-3H3,(H,28,32)/b27-19-. The average Bonchev–Trinajstić information content (AvgIpc) is 3.31. The zero-order chi connectivity index (χ0) is 23.9. The lowest BCUT2D eigenvalue weighted by atomic mass is 10.1. The maximum absolute atomic E-state index is 12.5. The molecule has 3 aromatic carbocycles. The number of hydrogen-bond acceptors (Lipinski definition) is 6. The van der Waals surface area contributed by atoms with Crippen molar-refractivity contribution in [2.24, 2.45) is 5.10 Å². The molecule has 8 heteroatoms. The first-order valence-electron chi connectivity index (χ1n) is 10.7. The Bertz CT molecular complexity index is 1280. The van der Waals surface area contributed by atoms with Crippen LogP contribution in [0.15, 0.2) is 89.1 Å². The molecule has 7 nitrogen and oxygen atoms in total. The number of ether oxygens (including phenoxy) is 1.